The predicted molar refractivity (Wildman–Crippen MR) is 89.3 cm³/mol. The van der Waals surface area contributed by atoms with E-state index in [0.717, 1.165) is 6.07 Å². The number of nitro benzene ring substituents is 1. The lowest BCUT2D eigenvalue weighted by molar-refractivity contribution is -0.383. The van der Waals surface area contributed by atoms with Gasteiger partial charge in [-0.05, 0) is 18.2 Å². The monoisotopic (exact) mass is 453 g/mol. The molecule has 3 aromatic rings. The van der Waals surface area contributed by atoms with Gasteiger partial charge in [-0.2, -0.15) is 26.3 Å². The quantitative estimate of drug-likeness (QED) is 0.283. The molecule has 0 atom stereocenters. The number of hydrogen-bond acceptors (Lipinski definition) is 5. The number of fused-ring (bicyclic) bond motifs is 1. The Labute approximate surface area is 166 Å². The highest BCUT2D eigenvalue weighted by Gasteiger charge is 2.43. The van der Waals surface area contributed by atoms with Gasteiger partial charge in [0.15, 0.2) is 11.3 Å². The first kappa shape index (κ1) is 21.4. The minimum Gasteiger partial charge on any atom is -0.408 e. The van der Waals surface area contributed by atoms with Crippen LogP contribution in [0.15, 0.2) is 36.4 Å². The van der Waals surface area contributed by atoms with Crippen LogP contribution in [0, 0.1) is 10.1 Å². The van der Waals surface area contributed by atoms with Crippen LogP contribution in [0.5, 0.6) is 5.75 Å². The van der Waals surface area contributed by atoms with E-state index >= 15 is 0 Å². The Morgan fingerprint density at radius 1 is 1.10 bits per heavy atom. The Bertz CT molecular complexity index is 1170. The van der Waals surface area contributed by atoms with Gasteiger partial charge in [-0.25, -0.2) is 14.3 Å². The molecule has 0 saturated heterocycles. The van der Waals surface area contributed by atoms with Crippen molar-refractivity contribution >= 4 is 34.4 Å². The number of imidazole rings is 1. The van der Waals surface area contributed by atoms with Crippen LogP contribution in [0.1, 0.15) is 11.4 Å². The van der Waals surface area contributed by atoms with Crippen molar-refractivity contribution < 1.29 is 40.8 Å². The van der Waals surface area contributed by atoms with Gasteiger partial charge in [0.2, 0.25) is 5.82 Å². The third-order valence-electron chi connectivity index (χ3n) is 3.73. The van der Waals surface area contributed by atoms with Crippen molar-refractivity contribution in [2.75, 3.05) is 0 Å². The van der Waals surface area contributed by atoms with Crippen molar-refractivity contribution in [3.8, 4) is 5.75 Å². The smallest absolute Gasteiger partial charge is 0.408 e. The third kappa shape index (κ3) is 3.87. The van der Waals surface area contributed by atoms with Gasteiger partial charge < -0.3 is 4.74 Å². The number of nitro groups is 1. The number of rotatable bonds is 2. The molecule has 0 amide bonds. The number of non-ortho nitro benzene ring substituents is 1. The molecule has 158 valence electrons. The summed E-state index contributed by atoms with van der Waals surface area (Å²) in [7, 11) is 0. The SMILES string of the molecule is O=C(Oc1ccccc1Cl)n1c(C(F)(F)F)nc2c([N+](=O)[O-])cc(C(F)(F)F)cc21. The van der Waals surface area contributed by atoms with E-state index in [1.807, 2.05) is 0 Å². The van der Waals surface area contributed by atoms with E-state index in [2.05, 4.69) is 4.98 Å². The maximum Gasteiger partial charge on any atom is 0.450 e. The van der Waals surface area contributed by atoms with Gasteiger partial charge in [0, 0.05) is 6.07 Å². The lowest BCUT2D eigenvalue weighted by Gasteiger charge is -2.12. The molecular weight excluding hydrogens is 448 g/mol. The van der Waals surface area contributed by atoms with E-state index in [0.29, 0.717) is 0 Å². The van der Waals surface area contributed by atoms with Crippen LogP contribution in [0.3, 0.4) is 0 Å². The van der Waals surface area contributed by atoms with E-state index in [9.17, 15) is 41.3 Å². The zero-order valence-corrected chi connectivity index (χ0v) is 14.8. The maximum atomic E-state index is 13.4. The standard InChI is InChI=1S/C16H6ClF6N3O4/c17-8-3-1-2-4-11(8)30-14(27)25-9-5-7(15(18,19)20)6-10(26(28)29)12(9)24-13(25)16(21,22)23/h1-6H. The molecule has 0 aliphatic carbocycles. The van der Waals surface area contributed by atoms with E-state index < -0.39 is 51.5 Å². The minimum absolute atomic E-state index is 0.0270. The Morgan fingerprint density at radius 2 is 1.73 bits per heavy atom. The second-order valence-electron chi connectivity index (χ2n) is 5.68. The zero-order valence-electron chi connectivity index (χ0n) is 14.1. The van der Waals surface area contributed by atoms with Crippen LogP contribution in [-0.4, -0.2) is 20.6 Å². The van der Waals surface area contributed by atoms with Gasteiger partial charge in [-0.15, -0.1) is 0 Å². The lowest BCUT2D eigenvalue weighted by Crippen LogP contribution is -2.24. The van der Waals surface area contributed by atoms with E-state index in [-0.39, 0.29) is 27.5 Å². The summed E-state index contributed by atoms with van der Waals surface area (Å²) in [6, 6.07) is 5.28. The molecule has 0 N–H and O–H groups in total. The van der Waals surface area contributed by atoms with Gasteiger partial charge >= 0.3 is 18.4 Å². The molecule has 0 spiro atoms. The van der Waals surface area contributed by atoms with Crippen LogP contribution < -0.4 is 4.74 Å². The molecule has 1 aromatic heterocycles. The molecule has 0 aliphatic heterocycles. The first-order valence-corrected chi connectivity index (χ1v) is 8.00. The van der Waals surface area contributed by atoms with Crippen molar-refractivity contribution in [3.05, 3.63) is 62.9 Å². The average Bonchev–Trinajstić information content (AvgIpc) is 3.02. The number of carbonyl (C=O) groups excluding carboxylic acids is 1. The molecule has 0 unspecified atom stereocenters. The number of ether oxygens (including phenoxy) is 1. The first-order chi connectivity index (χ1) is 13.8. The lowest BCUT2D eigenvalue weighted by atomic mass is 10.1. The average molecular weight is 454 g/mol. The maximum absolute atomic E-state index is 13.4. The summed E-state index contributed by atoms with van der Waals surface area (Å²) >= 11 is 5.77. The number of aromatic nitrogens is 2. The minimum atomic E-state index is -5.36. The predicted octanol–water partition coefficient (Wildman–Crippen LogP) is 5.68. The fourth-order valence-electron chi connectivity index (χ4n) is 2.50. The number of benzene rings is 2. The largest absolute Gasteiger partial charge is 0.450 e. The van der Waals surface area contributed by atoms with Crippen molar-refractivity contribution in [1.29, 1.82) is 0 Å². The number of alkyl halides is 6. The number of para-hydroxylation sites is 1. The molecule has 7 nitrogen and oxygen atoms in total. The molecule has 30 heavy (non-hydrogen) atoms. The summed E-state index contributed by atoms with van der Waals surface area (Å²) in [4.78, 5) is 25.3. The summed E-state index contributed by atoms with van der Waals surface area (Å²) in [6.45, 7) is 0. The summed E-state index contributed by atoms with van der Waals surface area (Å²) in [6.07, 6.45) is -12.3. The van der Waals surface area contributed by atoms with Crippen molar-refractivity contribution in [3.63, 3.8) is 0 Å². The van der Waals surface area contributed by atoms with Crippen molar-refractivity contribution in [1.82, 2.24) is 9.55 Å². The van der Waals surface area contributed by atoms with Crippen molar-refractivity contribution in [2.24, 2.45) is 0 Å². The van der Waals surface area contributed by atoms with Crippen LogP contribution in [0.25, 0.3) is 11.0 Å². The van der Waals surface area contributed by atoms with Crippen LogP contribution in [0.2, 0.25) is 5.02 Å². The van der Waals surface area contributed by atoms with E-state index in [4.69, 9.17) is 16.3 Å². The highest BCUT2D eigenvalue weighted by Crippen LogP contribution is 2.39. The Hall–Kier alpha value is -3.35. The van der Waals surface area contributed by atoms with E-state index in [1.165, 1.54) is 18.2 Å². The second-order valence-corrected chi connectivity index (χ2v) is 6.09. The fraction of sp³-hybridized carbons (Fsp3) is 0.125. The topological polar surface area (TPSA) is 87.3 Å². The van der Waals surface area contributed by atoms with Crippen molar-refractivity contribution in [2.45, 2.75) is 12.4 Å². The summed E-state index contributed by atoms with van der Waals surface area (Å²) < 4.78 is 84.1. The highest BCUT2D eigenvalue weighted by atomic mass is 35.5. The molecule has 14 heteroatoms. The summed E-state index contributed by atoms with van der Waals surface area (Å²) in [5.41, 5.74) is -5.20. The molecular formula is C16H6ClF6N3O4. The number of nitrogens with zero attached hydrogens (tertiary/aromatic N) is 3. The fourth-order valence-corrected chi connectivity index (χ4v) is 2.68. The highest BCUT2D eigenvalue weighted by molar-refractivity contribution is 6.32. The number of hydrogen-bond donors (Lipinski definition) is 0. The van der Waals surface area contributed by atoms with E-state index in [1.54, 1.807) is 0 Å². The van der Waals surface area contributed by atoms with Crippen LogP contribution in [0.4, 0.5) is 36.8 Å². The molecule has 1 heterocycles. The van der Waals surface area contributed by atoms with Crippen LogP contribution in [-0.2, 0) is 12.4 Å². The van der Waals surface area contributed by atoms with Gasteiger partial charge in [-0.3, -0.25) is 10.1 Å². The molecule has 0 radical (unpaired) electrons. The normalized spacial score (nSPS) is 12.2. The summed E-state index contributed by atoms with van der Waals surface area (Å²) in [5.74, 6) is -2.39. The van der Waals surface area contributed by atoms with Gasteiger partial charge in [0.25, 0.3) is 5.69 Å². The first-order valence-electron chi connectivity index (χ1n) is 7.62. The number of halogens is 7. The number of carbonyl (C=O) groups is 1. The zero-order chi connectivity index (χ0) is 22.4. The molecule has 0 aliphatic rings. The Balaban J connectivity index is 2.32. The Kier molecular flexibility index (Phi) is 5.10. The van der Waals surface area contributed by atoms with Gasteiger partial charge in [0.05, 0.1) is 21.0 Å². The molecule has 0 fully saturated rings. The van der Waals surface area contributed by atoms with Gasteiger partial charge in [0.1, 0.15) is 0 Å². The van der Waals surface area contributed by atoms with Gasteiger partial charge in [-0.1, -0.05) is 23.7 Å². The third-order valence-corrected chi connectivity index (χ3v) is 4.05. The summed E-state index contributed by atoms with van der Waals surface area (Å²) in [5, 5.41) is 11.0. The van der Waals surface area contributed by atoms with Crippen LogP contribution >= 0.6 is 11.6 Å². The molecule has 2 aromatic carbocycles. The second kappa shape index (κ2) is 7.16. The Morgan fingerprint density at radius 3 is 2.27 bits per heavy atom. The molecule has 3 rings (SSSR count). The molecule has 0 saturated carbocycles. The molecule has 0 bridgehead atoms.